The Kier molecular flexibility index (Phi) is 3.16. The van der Waals surface area contributed by atoms with Gasteiger partial charge in [-0.15, -0.1) is 0 Å². The fourth-order valence-electron chi connectivity index (χ4n) is 1.88. The Bertz CT molecular complexity index is 676. The van der Waals surface area contributed by atoms with Crippen molar-refractivity contribution in [3.63, 3.8) is 0 Å². The molecule has 0 amide bonds. The van der Waals surface area contributed by atoms with Gasteiger partial charge in [0.05, 0.1) is 11.4 Å². The van der Waals surface area contributed by atoms with Gasteiger partial charge in [-0.25, -0.2) is 19.5 Å². The smallest absolute Gasteiger partial charge is 0.155 e. The van der Waals surface area contributed by atoms with Crippen molar-refractivity contribution in [2.75, 3.05) is 0 Å². The third kappa shape index (κ3) is 2.74. The van der Waals surface area contributed by atoms with Gasteiger partial charge in [-0.2, -0.15) is 5.10 Å². The Balaban J connectivity index is 1.65. The molecule has 3 aromatic heterocycles. The van der Waals surface area contributed by atoms with E-state index in [4.69, 9.17) is 0 Å². The lowest BCUT2D eigenvalue weighted by Gasteiger charge is -2.04. The molecule has 0 bridgehead atoms. The second kappa shape index (κ2) is 5.11. The molecule has 0 fully saturated rings. The minimum absolute atomic E-state index is 0.707. The van der Waals surface area contributed by atoms with Crippen LogP contribution in [-0.4, -0.2) is 24.6 Å². The SMILES string of the molecule is Cc1cc2ncc(CNCc3ccncn3)cn2n1. The van der Waals surface area contributed by atoms with E-state index in [0.29, 0.717) is 6.54 Å². The molecule has 6 heteroatoms. The molecule has 0 aromatic carbocycles. The molecule has 3 heterocycles. The lowest BCUT2D eigenvalue weighted by Crippen LogP contribution is -2.14. The molecule has 19 heavy (non-hydrogen) atoms. The fraction of sp³-hybridized carbons (Fsp3) is 0.231. The largest absolute Gasteiger partial charge is 0.307 e. The molecule has 0 aliphatic heterocycles. The Morgan fingerprint density at radius 1 is 1.26 bits per heavy atom. The van der Waals surface area contributed by atoms with E-state index in [0.717, 1.165) is 29.1 Å². The van der Waals surface area contributed by atoms with E-state index >= 15 is 0 Å². The molecule has 0 aliphatic carbocycles. The first-order valence-electron chi connectivity index (χ1n) is 6.08. The average molecular weight is 254 g/mol. The predicted molar refractivity (Wildman–Crippen MR) is 70.3 cm³/mol. The van der Waals surface area contributed by atoms with E-state index in [-0.39, 0.29) is 0 Å². The van der Waals surface area contributed by atoms with Crippen molar-refractivity contribution in [2.45, 2.75) is 20.0 Å². The fourth-order valence-corrected chi connectivity index (χ4v) is 1.88. The summed E-state index contributed by atoms with van der Waals surface area (Å²) in [6.07, 6.45) is 7.15. The summed E-state index contributed by atoms with van der Waals surface area (Å²) in [6, 6.07) is 3.85. The topological polar surface area (TPSA) is 68.0 Å². The van der Waals surface area contributed by atoms with Crippen molar-refractivity contribution in [2.24, 2.45) is 0 Å². The highest BCUT2D eigenvalue weighted by Gasteiger charge is 2.01. The average Bonchev–Trinajstić information content (AvgIpc) is 2.79. The number of aryl methyl sites for hydroxylation is 1. The van der Waals surface area contributed by atoms with E-state index < -0.39 is 0 Å². The third-order valence-electron chi connectivity index (χ3n) is 2.77. The van der Waals surface area contributed by atoms with Crippen molar-refractivity contribution in [1.82, 2.24) is 29.9 Å². The van der Waals surface area contributed by atoms with Gasteiger partial charge in [0.1, 0.15) is 6.33 Å². The molecule has 0 spiro atoms. The van der Waals surface area contributed by atoms with Crippen molar-refractivity contribution in [1.29, 1.82) is 0 Å². The van der Waals surface area contributed by atoms with Crippen LogP contribution in [0.1, 0.15) is 17.0 Å². The van der Waals surface area contributed by atoms with Crippen molar-refractivity contribution < 1.29 is 0 Å². The second-order valence-corrected chi connectivity index (χ2v) is 4.35. The third-order valence-corrected chi connectivity index (χ3v) is 2.77. The van der Waals surface area contributed by atoms with Crippen LogP contribution in [0.2, 0.25) is 0 Å². The molecule has 96 valence electrons. The predicted octanol–water partition coefficient (Wildman–Crippen LogP) is 1.12. The highest BCUT2D eigenvalue weighted by Crippen LogP contribution is 2.04. The Hall–Kier alpha value is -2.34. The first-order chi connectivity index (χ1) is 9.31. The molecular formula is C13H14N6. The van der Waals surface area contributed by atoms with Crippen molar-refractivity contribution in [3.8, 4) is 0 Å². The number of rotatable bonds is 4. The van der Waals surface area contributed by atoms with Gasteiger partial charge in [-0.1, -0.05) is 0 Å². The van der Waals surface area contributed by atoms with Crippen LogP contribution in [0.15, 0.2) is 37.1 Å². The molecule has 6 nitrogen and oxygen atoms in total. The zero-order valence-corrected chi connectivity index (χ0v) is 10.6. The number of hydrogen-bond acceptors (Lipinski definition) is 5. The zero-order chi connectivity index (χ0) is 13.1. The number of nitrogens with one attached hydrogen (secondary N) is 1. The van der Waals surface area contributed by atoms with Gasteiger partial charge in [0.25, 0.3) is 0 Å². The molecule has 1 N–H and O–H groups in total. The first-order valence-corrected chi connectivity index (χ1v) is 6.08. The summed E-state index contributed by atoms with van der Waals surface area (Å²) in [5.74, 6) is 0. The summed E-state index contributed by atoms with van der Waals surface area (Å²) in [7, 11) is 0. The van der Waals surface area contributed by atoms with Gasteiger partial charge < -0.3 is 5.32 Å². The Morgan fingerprint density at radius 2 is 2.21 bits per heavy atom. The maximum Gasteiger partial charge on any atom is 0.155 e. The maximum absolute atomic E-state index is 4.36. The highest BCUT2D eigenvalue weighted by atomic mass is 15.2. The summed E-state index contributed by atoms with van der Waals surface area (Å²) < 4.78 is 1.80. The van der Waals surface area contributed by atoms with E-state index in [1.165, 1.54) is 0 Å². The Labute approximate surface area is 110 Å². The van der Waals surface area contributed by atoms with Crippen LogP contribution in [0.25, 0.3) is 5.65 Å². The van der Waals surface area contributed by atoms with Gasteiger partial charge in [-0.3, -0.25) is 0 Å². The van der Waals surface area contributed by atoms with E-state index in [2.05, 4.69) is 25.4 Å². The molecule has 3 aromatic rings. The van der Waals surface area contributed by atoms with E-state index in [1.54, 1.807) is 17.0 Å². The van der Waals surface area contributed by atoms with Gasteiger partial charge in [0.15, 0.2) is 5.65 Å². The van der Waals surface area contributed by atoms with Crippen LogP contribution in [0.4, 0.5) is 0 Å². The molecule has 0 saturated carbocycles. The summed E-state index contributed by atoms with van der Waals surface area (Å²) in [4.78, 5) is 12.4. The van der Waals surface area contributed by atoms with Gasteiger partial charge in [0, 0.05) is 43.3 Å². The highest BCUT2D eigenvalue weighted by molar-refractivity contribution is 5.38. The minimum atomic E-state index is 0.707. The van der Waals surface area contributed by atoms with Crippen LogP contribution in [0.3, 0.4) is 0 Å². The van der Waals surface area contributed by atoms with Crippen LogP contribution >= 0.6 is 0 Å². The molecule has 0 aliphatic rings. The lowest BCUT2D eigenvalue weighted by molar-refractivity contribution is 0.671. The summed E-state index contributed by atoms with van der Waals surface area (Å²) >= 11 is 0. The standard InChI is InChI=1S/C13H14N6/c1-10-4-13-16-6-11(8-19(13)18-10)5-15-7-12-2-3-14-9-17-12/h2-4,6,8-9,15H,5,7H2,1H3. The molecule has 3 rings (SSSR count). The normalized spacial score (nSPS) is 11.0. The summed E-state index contributed by atoms with van der Waals surface area (Å²) in [5, 5.41) is 7.66. The summed E-state index contributed by atoms with van der Waals surface area (Å²) in [5.41, 5.74) is 3.90. The van der Waals surface area contributed by atoms with Gasteiger partial charge in [-0.05, 0) is 13.0 Å². The number of nitrogens with zero attached hydrogens (tertiary/aromatic N) is 5. The van der Waals surface area contributed by atoms with Crippen LogP contribution in [0, 0.1) is 6.92 Å². The quantitative estimate of drug-likeness (QED) is 0.755. The molecule has 0 radical (unpaired) electrons. The van der Waals surface area contributed by atoms with Crippen molar-refractivity contribution >= 4 is 5.65 Å². The van der Waals surface area contributed by atoms with E-state index in [9.17, 15) is 0 Å². The van der Waals surface area contributed by atoms with Crippen LogP contribution in [0.5, 0.6) is 0 Å². The molecule has 0 saturated heterocycles. The zero-order valence-electron chi connectivity index (χ0n) is 10.6. The maximum atomic E-state index is 4.36. The second-order valence-electron chi connectivity index (χ2n) is 4.35. The number of hydrogen-bond donors (Lipinski definition) is 1. The van der Waals surface area contributed by atoms with E-state index in [1.807, 2.05) is 31.5 Å². The molecule has 0 atom stereocenters. The number of aromatic nitrogens is 5. The van der Waals surface area contributed by atoms with Crippen molar-refractivity contribution in [3.05, 3.63) is 54.0 Å². The minimum Gasteiger partial charge on any atom is -0.307 e. The monoisotopic (exact) mass is 254 g/mol. The first kappa shape index (κ1) is 11.7. The molecular weight excluding hydrogens is 240 g/mol. The summed E-state index contributed by atoms with van der Waals surface area (Å²) in [6.45, 7) is 3.40. The lowest BCUT2D eigenvalue weighted by atomic mass is 10.3. The van der Waals surface area contributed by atoms with Gasteiger partial charge in [0.2, 0.25) is 0 Å². The number of fused-ring (bicyclic) bond motifs is 1. The van der Waals surface area contributed by atoms with Gasteiger partial charge >= 0.3 is 0 Å². The molecule has 0 unspecified atom stereocenters. The van der Waals surface area contributed by atoms with Crippen LogP contribution < -0.4 is 5.32 Å². The van der Waals surface area contributed by atoms with Crippen LogP contribution in [-0.2, 0) is 13.1 Å². The Morgan fingerprint density at radius 3 is 3.05 bits per heavy atom.